The third-order valence-corrected chi connectivity index (χ3v) is 1.42. The van der Waals surface area contributed by atoms with E-state index in [1.54, 1.807) is 6.92 Å². The SMILES string of the molecule is CC(N)c1nnc(C(C)S)o1. The van der Waals surface area contributed by atoms with Crippen molar-refractivity contribution in [2.24, 2.45) is 5.73 Å². The van der Waals surface area contributed by atoms with Gasteiger partial charge in [-0.2, -0.15) is 12.6 Å². The largest absolute Gasteiger partial charge is 0.422 e. The minimum absolute atomic E-state index is 0.0324. The van der Waals surface area contributed by atoms with E-state index in [0.29, 0.717) is 11.8 Å². The number of thiol groups is 1. The maximum atomic E-state index is 5.51. The maximum absolute atomic E-state index is 5.51. The molecule has 0 saturated carbocycles. The zero-order valence-corrected chi connectivity index (χ0v) is 7.38. The summed E-state index contributed by atoms with van der Waals surface area (Å²) in [7, 11) is 0. The minimum Gasteiger partial charge on any atom is -0.422 e. The van der Waals surface area contributed by atoms with Crippen molar-refractivity contribution in [1.82, 2.24) is 10.2 Å². The first-order valence-electron chi connectivity index (χ1n) is 3.38. The van der Waals surface area contributed by atoms with E-state index in [1.807, 2.05) is 6.92 Å². The zero-order chi connectivity index (χ0) is 8.43. The third kappa shape index (κ3) is 1.94. The van der Waals surface area contributed by atoms with E-state index in [9.17, 15) is 0 Å². The third-order valence-electron chi connectivity index (χ3n) is 1.20. The molecule has 0 aliphatic rings. The predicted octanol–water partition coefficient (Wildman–Crippen LogP) is 1.08. The van der Waals surface area contributed by atoms with Gasteiger partial charge in [0.25, 0.3) is 0 Å². The molecule has 62 valence electrons. The normalized spacial score (nSPS) is 16.4. The summed E-state index contributed by atoms with van der Waals surface area (Å²) < 4.78 is 5.18. The van der Waals surface area contributed by atoms with Crippen molar-refractivity contribution in [1.29, 1.82) is 0 Å². The Bertz CT molecular complexity index is 211. The zero-order valence-electron chi connectivity index (χ0n) is 6.48. The van der Waals surface area contributed by atoms with Crippen molar-refractivity contribution < 1.29 is 4.42 Å². The number of aromatic nitrogens is 2. The molecule has 0 amide bonds. The van der Waals surface area contributed by atoms with Gasteiger partial charge in [-0.15, -0.1) is 10.2 Å². The average Bonchev–Trinajstić information content (AvgIpc) is 2.33. The number of hydrogen-bond donors (Lipinski definition) is 2. The van der Waals surface area contributed by atoms with Gasteiger partial charge in [0, 0.05) is 0 Å². The van der Waals surface area contributed by atoms with Crippen LogP contribution in [0.1, 0.15) is 36.9 Å². The van der Waals surface area contributed by atoms with E-state index >= 15 is 0 Å². The fourth-order valence-corrected chi connectivity index (χ4v) is 0.704. The number of hydrogen-bond acceptors (Lipinski definition) is 5. The number of nitrogens with two attached hydrogens (primary N) is 1. The quantitative estimate of drug-likeness (QED) is 0.657. The van der Waals surface area contributed by atoms with Gasteiger partial charge >= 0.3 is 0 Å². The molecule has 4 nitrogen and oxygen atoms in total. The van der Waals surface area contributed by atoms with Gasteiger partial charge in [-0.25, -0.2) is 0 Å². The van der Waals surface area contributed by atoms with Crippen LogP contribution in [-0.2, 0) is 0 Å². The van der Waals surface area contributed by atoms with Crippen LogP contribution in [0.2, 0.25) is 0 Å². The van der Waals surface area contributed by atoms with E-state index in [-0.39, 0.29) is 11.3 Å². The molecule has 11 heavy (non-hydrogen) atoms. The summed E-state index contributed by atoms with van der Waals surface area (Å²) in [6, 6.07) is -0.205. The van der Waals surface area contributed by atoms with E-state index in [1.165, 1.54) is 0 Å². The summed E-state index contributed by atoms with van der Waals surface area (Å²) in [6.45, 7) is 3.65. The van der Waals surface area contributed by atoms with Crippen LogP contribution in [-0.4, -0.2) is 10.2 Å². The van der Waals surface area contributed by atoms with Gasteiger partial charge in [-0.3, -0.25) is 0 Å². The second-order valence-corrected chi connectivity index (χ2v) is 3.22. The second kappa shape index (κ2) is 3.23. The molecule has 1 rings (SSSR count). The molecule has 2 unspecified atom stereocenters. The molecule has 0 spiro atoms. The van der Waals surface area contributed by atoms with Crippen molar-refractivity contribution in [2.75, 3.05) is 0 Å². The molecule has 0 bridgehead atoms. The Kier molecular flexibility index (Phi) is 2.51. The highest BCUT2D eigenvalue weighted by molar-refractivity contribution is 7.80. The molecular weight excluding hydrogens is 162 g/mol. The Morgan fingerprint density at radius 1 is 1.36 bits per heavy atom. The van der Waals surface area contributed by atoms with Crippen molar-refractivity contribution in [3.63, 3.8) is 0 Å². The van der Waals surface area contributed by atoms with Crippen LogP contribution < -0.4 is 5.73 Å². The standard InChI is InChI=1S/C6H11N3OS/c1-3(7)5-8-9-6(10-5)4(2)11/h3-4,11H,7H2,1-2H3. The molecule has 2 N–H and O–H groups in total. The van der Waals surface area contributed by atoms with E-state index < -0.39 is 0 Å². The minimum atomic E-state index is -0.205. The highest BCUT2D eigenvalue weighted by Crippen LogP contribution is 2.18. The van der Waals surface area contributed by atoms with Crippen LogP contribution in [0.4, 0.5) is 0 Å². The first-order valence-corrected chi connectivity index (χ1v) is 3.90. The van der Waals surface area contributed by atoms with Crippen molar-refractivity contribution in [3.05, 3.63) is 11.8 Å². The van der Waals surface area contributed by atoms with Gasteiger partial charge in [0.05, 0.1) is 11.3 Å². The summed E-state index contributed by atoms with van der Waals surface area (Å²) in [6.07, 6.45) is 0. The average molecular weight is 173 g/mol. The molecule has 0 aliphatic carbocycles. The highest BCUT2D eigenvalue weighted by atomic mass is 32.1. The lowest BCUT2D eigenvalue weighted by atomic mass is 10.4. The van der Waals surface area contributed by atoms with Crippen molar-refractivity contribution in [2.45, 2.75) is 25.1 Å². The van der Waals surface area contributed by atoms with E-state index in [0.717, 1.165) is 0 Å². The Balaban J connectivity index is 2.82. The van der Waals surface area contributed by atoms with Crippen LogP contribution in [0.25, 0.3) is 0 Å². The summed E-state index contributed by atoms with van der Waals surface area (Å²) in [5, 5.41) is 7.48. The van der Waals surface area contributed by atoms with Gasteiger partial charge in [-0.1, -0.05) is 0 Å². The van der Waals surface area contributed by atoms with E-state index in [4.69, 9.17) is 10.2 Å². The molecule has 0 fully saturated rings. The lowest BCUT2D eigenvalue weighted by Gasteiger charge is -1.96. The lowest BCUT2D eigenvalue weighted by molar-refractivity contribution is 0.429. The van der Waals surface area contributed by atoms with Crippen LogP contribution >= 0.6 is 12.6 Å². The molecule has 0 saturated heterocycles. The first kappa shape index (κ1) is 8.55. The second-order valence-electron chi connectivity index (χ2n) is 2.44. The number of nitrogens with zero attached hydrogens (tertiary/aromatic N) is 2. The molecule has 0 aliphatic heterocycles. The smallest absolute Gasteiger partial charge is 0.232 e. The molecule has 1 heterocycles. The van der Waals surface area contributed by atoms with Gasteiger partial charge in [0.2, 0.25) is 11.8 Å². The first-order chi connectivity index (χ1) is 5.11. The monoisotopic (exact) mass is 173 g/mol. The Morgan fingerprint density at radius 3 is 2.18 bits per heavy atom. The van der Waals surface area contributed by atoms with E-state index in [2.05, 4.69) is 22.8 Å². The molecule has 1 aromatic heterocycles. The Labute approximate surface area is 70.6 Å². The lowest BCUT2D eigenvalue weighted by Crippen LogP contribution is -2.04. The Hall–Kier alpha value is -0.550. The van der Waals surface area contributed by atoms with Crippen LogP contribution in [0.5, 0.6) is 0 Å². The maximum Gasteiger partial charge on any atom is 0.232 e. The van der Waals surface area contributed by atoms with Gasteiger partial charge in [0.1, 0.15) is 0 Å². The molecule has 2 atom stereocenters. The van der Waals surface area contributed by atoms with Crippen molar-refractivity contribution >= 4 is 12.6 Å². The molecular formula is C6H11N3OS. The van der Waals surface area contributed by atoms with Crippen LogP contribution in [0.3, 0.4) is 0 Å². The fraction of sp³-hybridized carbons (Fsp3) is 0.667. The summed E-state index contributed by atoms with van der Waals surface area (Å²) in [4.78, 5) is 0. The van der Waals surface area contributed by atoms with Gasteiger partial charge < -0.3 is 10.2 Å². The summed E-state index contributed by atoms with van der Waals surface area (Å²) in [5.74, 6) is 0.974. The van der Waals surface area contributed by atoms with Crippen LogP contribution in [0, 0.1) is 0 Å². The summed E-state index contributed by atoms with van der Waals surface area (Å²) in [5.41, 5.74) is 5.51. The number of rotatable bonds is 2. The molecule has 5 heteroatoms. The molecule has 1 aromatic rings. The van der Waals surface area contributed by atoms with Crippen molar-refractivity contribution in [3.8, 4) is 0 Å². The van der Waals surface area contributed by atoms with Gasteiger partial charge in [-0.05, 0) is 13.8 Å². The summed E-state index contributed by atoms with van der Waals surface area (Å²) >= 11 is 4.13. The topological polar surface area (TPSA) is 64.9 Å². The van der Waals surface area contributed by atoms with Crippen LogP contribution in [0.15, 0.2) is 4.42 Å². The Morgan fingerprint density at radius 2 is 1.91 bits per heavy atom. The fourth-order valence-electron chi connectivity index (χ4n) is 0.599. The van der Waals surface area contributed by atoms with Gasteiger partial charge in [0.15, 0.2) is 0 Å². The predicted molar refractivity (Wildman–Crippen MR) is 44.3 cm³/mol. The highest BCUT2D eigenvalue weighted by Gasteiger charge is 2.12. The molecule has 0 radical (unpaired) electrons. The molecule has 0 aromatic carbocycles.